The normalized spacial score (nSPS) is 11.0. The van der Waals surface area contributed by atoms with Crippen LogP contribution in [-0.4, -0.2) is 11.7 Å². The van der Waals surface area contributed by atoms with Gasteiger partial charge >= 0.3 is 0 Å². The van der Waals surface area contributed by atoms with Gasteiger partial charge in [0.2, 0.25) is 0 Å². The van der Waals surface area contributed by atoms with Gasteiger partial charge in [0.25, 0.3) is 0 Å². The highest BCUT2D eigenvalue weighted by molar-refractivity contribution is 5.32. The molecule has 1 aromatic rings. The zero-order chi connectivity index (χ0) is 18.0. The van der Waals surface area contributed by atoms with Crippen LogP contribution in [0.4, 0.5) is 0 Å². The van der Waals surface area contributed by atoms with Crippen molar-refractivity contribution >= 4 is 0 Å². The van der Waals surface area contributed by atoms with Crippen molar-refractivity contribution in [3.8, 4) is 5.75 Å². The molecule has 0 aromatic heterocycles. The van der Waals surface area contributed by atoms with Crippen molar-refractivity contribution in [2.24, 2.45) is 0 Å². The molecule has 0 radical (unpaired) electrons. The summed E-state index contributed by atoms with van der Waals surface area (Å²) >= 11 is 0. The van der Waals surface area contributed by atoms with Crippen LogP contribution in [0.25, 0.3) is 0 Å². The number of hydrogen-bond donors (Lipinski definition) is 1. The van der Waals surface area contributed by atoms with Crippen LogP contribution in [0.2, 0.25) is 0 Å². The molecule has 0 spiro atoms. The zero-order valence-electron chi connectivity index (χ0n) is 16.5. The Morgan fingerprint density at radius 1 is 0.680 bits per heavy atom. The van der Waals surface area contributed by atoms with E-state index in [4.69, 9.17) is 4.74 Å². The largest absolute Gasteiger partial charge is 0.493 e. The molecule has 0 saturated carbocycles. The number of rotatable bonds is 17. The highest BCUT2D eigenvalue weighted by atomic mass is 16.5. The second-order valence-corrected chi connectivity index (χ2v) is 7.21. The van der Waals surface area contributed by atoms with Gasteiger partial charge < -0.3 is 9.84 Å². The van der Waals surface area contributed by atoms with E-state index in [0.29, 0.717) is 0 Å². The van der Waals surface area contributed by atoms with Gasteiger partial charge in [0.15, 0.2) is 0 Å². The van der Waals surface area contributed by atoms with E-state index in [1.54, 1.807) is 0 Å². The van der Waals surface area contributed by atoms with E-state index in [-0.39, 0.29) is 6.61 Å². The lowest BCUT2D eigenvalue weighted by atomic mass is 10.0. The Morgan fingerprint density at radius 3 is 1.68 bits per heavy atom. The number of benzene rings is 1. The van der Waals surface area contributed by atoms with Crippen molar-refractivity contribution in [3.05, 3.63) is 29.8 Å². The third-order valence-electron chi connectivity index (χ3n) is 4.90. The Hall–Kier alpha value is -1.02. The number of para-hydroxylation sites is 1. The first-order chi connectivity index (χ1) is 12.4. The molecule has 1 N–H and O–H groups in total. The number of hydrogen-bond acceptors (Lipinski definition) is 2. The molecule has 0 unspecified atom stereocenters. The first-order valence-electron chi connectivity index (χ1n) is 10.7. The van der Waals surface area contributed by atoms with Crippen molar-refractivity contribution in [3.63, 3.8) is 0 Å². The Bertz CT molecular complexity index is 403. The molecule has 0 amide bonds. The smallest absolute Gasteiger partial charge is 0.124 e. The molecular formula is C23H40O2. The topological polar surface area (TPSA) is 29.5 Å². The van der Waals surface area contributed by atoms with E-state index in [1.165, 1.54) is 83.5 Å². The lowest BCUT2D eigenvalue weighted by Gasteiger charge is -2.09. The molecule has 0 aliphatic rings. The summed E-state index contributed by atoms with van der Waals surface area (Å²) < 4.78 is 5.78. The summed E-state index contributed by atoms with van der Waals surface area (Å²) in [5, 5.41) is 9.26. The molecule has 1 aromatic carbocycles. The fourth-order valence-electron chi connectivity index (χ4n) is 3.25. The van der Waals surface area contributed by atoms with Crippen molar-refractivity contribution in [1.82, 2.24) is 0 Å². The first-order valence-corrected chi connectivity index (χ1v) is 10.7. The summed E-state index contributed by atoms with van der Waals surface area (Å²) in [6, 6.07) is 7.75. The van der Waals surface area contributed by atoms with Crippen molar-refractivity contribution in [2.75, 3.05) is 6.61 Å². The molecule has 25 heavy (non-hydrogen) atoms. The van der Waals surface area contributed by atoms with Gasteiger partial charge in [-0.3, -0.25) is 0 Å². The molecule has 2 heteroatoms. The molecule has 1 rings (SSSR count). The van der Waals surface area contributed by atoms with Gasteiger partial charge in [-0.2, -0.15) is 0 Å². The van der Waals surface area contributed by atoms with Gasteiger partial charge in [-0.15, -0.1) is 0 Å². The van der Waals surface area contributed by atoms with E-state index in [1.807, 2.05) is 24.3 Å². The van der Waals surface area contributed by atoms with Crippen molar-refractivity contribution in [1.29, 1.82) is 0 Å². The average molecular weight is 349 g/mol. The summed E-state index contributed by atoms with van der Waals surface area (Å²) in [4.78, 5) is 0. The van der Waals surface area contributed by atoms with E-state index in [2.05, 4.69) is 6.92 Å². The van der Waals surface area contributed by atoms with Gasteiger partial charge in [0.05, 0.1) is 13.2 Å². The van der Waals surface area contributed by atoms with Crippen LogP contribution in [0.15, 0.2) is 24.3 Å². The summed E-state index contributed by atoms with van der Waals surface area (Å²) in [6.45, 7) is 3.09. The standard InChI is InChI=1S/C23H40O2/c1-2-3-4-5-6-7-8-9-10-11-12-13-14-17-20-25-23-19-16-15-18-22(23)21-24/h15-16,18-19,24H,2-14,17,20-21H2,1H3. The van der Waals surface area contributed by atoms with E-state index >= 15 is 0 Å². The Labute approximate surface area is 156 Å². The quantitative estimate of drug-likeness (QED) is 0.306. The van der Waals surface area contributed by atoms with Crippen LogP contribution in [0.1, 0.15) is 102 Å². The summed E-state index contributed by atoms with van der Waals surface area (Å²) in [5.41, 5.74) is 0.882. The highest BCUT2D eigenvalue weighted by Crippen LogP contribution is 2.18. The van der Waals surface area contributed by atoms with Gasteiger partial charge in [-0.05, 0) is 12.5 Å². The lowest BCUT2D eigenvalue weighted by Crippen LogP contribution is -2.00. The molecular weight excluding hydrogens is 308 g/mol. The molecule has 0 heterocycles. The Kier molecular flexibility index (Phi) is 14.5. The van der Waals surface area contributed by atoms with Crippen LogP contribution in [-0.2, 0) is 6.61 Å². The highest BCUT2D eigenvalue weighted by Gasteiger charge is 2.01. The van der Waals surface area contributed by atoms with E-state index < -0.39 is 0 Å². The zero-order valence-corrected chi connectivity index (χ0v) is 16.5. The summed E-state index contributed by atoms with van der Waals surface area (Å²) in [5.74, 6) is 0.833. The number of unbranched alkanes of at least 4 members (excludes halogenated alkanes) is 13. The number of ether oxygens (including phenoxy) is 1. The molecule has 2 nitrogen and oxygen atoms in total. The second-order valence-electron chi connectivity index (χ2n) is 7.21. The van der Waals surface area contributed by atoms with Crippen molar-refractivity contribution < 1.29 is 9.84 Å². The first kappa shape index (κ1) is 22.0. The van der Waals surface area contributed by atoms with Crippen LogP contribution in [0, 0.1) is 0 Å². The Balaban J connectivity index is 1.82. The maximum Gasteiger partial charge on any atom is 0.124 e. The second kappa shape index (κ2) is 16.4. The van der Waals surface area contributed by atoms with Crippen molar-refractivity contribution in [2.45, 2.75) is 103 Å². The molecule has 144 valence electrons. The molecule has 0 aliphatic carbocycles. The fourth-order valence-corrected chi connectivity index (χ4v) is 3.25. The minimum absolute atomic E-state index is 0.0505. The molecule has 0 fully saturated rings. The maximum absolute atomic E-state index is 9.26. The predicted molar refractivity (Wildman–Crippen MR) is 108 cm³/mol. The van der Waals surface area contributed by atoms with Gasteiger partial charge in [0, 0.05) is 5.56 Å². The van der Waals surface area contributed by atoms with Crippen LogP contribution >= 0.6 is 0 Å². The summed E-state index contributed by atoms with van der Waals surface area (Å²) in [6.07, 6.45) is 19.2. The van der Waals surface area contributed by atoms with Crippen LogP contribution in [0.3, 0.4) is 0 Å². The minimum atomic E-state index is 0.0505. The van der Waals surface area contributed by atoms with Crippen LogP contribution in [0.5, 0.6) is 5.75 Å². The molecule has 0 aliphatic heterocycles. The maximum atomic E-state index is 9.26. The van der Waals surface area contributed by atoms with Gasteiger partial charge in [0.1, 0.15) is 5.75 Å². The van der Waals surface area contributed by atoms with Gasteiger partial charge in [-0.1, -0.05) is 109 Å². The summed E-state index contributed by atoms with van der Waals surface area (Å²) in [7, 11) is 0. The lowest BCUT2D eigenvalue weighted by molar-refractivity contribution is 0.260. The molecule has 0 saturated heterocycles. The number of aliphatic hydroxyl groups is 1. The SMILES string of the molecule is CCCCCCCCCCCCCCCCOc1ccccc1CO. The predicted octanol–water partition coefficient (Wildman–Crippen LogP) is 7.04. The number of aliphatic hydroxyl groups excluding tert-OH is 1. The molecule has 0 bridgehead atoms. The van der Waals surface area contributed by atoms with Crippen LogP contribution < -0.4 is 4.74 Å². The third kappa shape index (κ3) is 12.0. The van der Waals surface area contributed by atoms with E-state index in [0.717, 1.165) is 24.3 Å². The van der Waals surface area contributed by atoms with Gasteiger partial charge in [-0.25, -0.2) is 0 Å². The van der Waals surface area contributed by atoms with E-state index in [9.17, 15) is 5.11 Å². The third-order valence-corrected chi connectivity index (χ3v) is 4.90. The Morgan fingerprint density at radius 2 is 1.16 bits per heavy atom. The molecule has 0 atom stereocenters. The fraction of sp³-hybridized carbons (Fsp3) is 0.739. The minimum Gasteiger partial charge on any atom is -0.493 e. The monoisotopic (exact) mass is 348 g/mol. The average Bonchev–Trinajstić information content (AvgIpc) is 2.65.